The van der Waals surface area contributed by atoms with Gasteiger partial charge >= 0.3 is 5.51 Å². The molecule has 0 bridgehead atoms. The van der Waals surface area contributed by atoms with Gasteiger partial charge in [0.1, 0.15) is 0 Å². The Morgan fingerprint density at radius 3 is 2.33 bits per heavy atom. The summed E-state index contributed by atoms with van der Waals surface area (Å²) in [5.74, 6) is -1.23. The molecule has 1 aromatic heterocycles. The van der Waals surface area contributed by atoms with E-state index in [2.05, 4.69) is 0 Å². The van der Waals surface area contributed by atoms with E-state index in [0.29, 0.717) is 0 Å². The van der Waals surface area contributed by atoms with Crippen LogP contribution in [-0.4, -0.2) is 47.8 Å². The van der Waals surface area contributed by atoms with Gasteiger partial charge in [-0.25, -0.2) is 0 Å². The Morgan fingerprint density at radius 2 is 1.74 bits per heavy atom. The highest BCUT2D eigenvalue weighted by Gasteiger charge is 2.32. The highest BCUT2D eigenvalue weighted by atomic mass is 32.2. The van der Waals surface area contributed by atoms with Crippen LogP contribution in [0, 0.1) is 0 Å². The largest absolute Gasteiger partial charge is 0.449 e. The quantitative estimate of drug-likeness (QED) is 0.683. The summed E-state index contributed by atoms with van der Waals surface area (Å²) in [6.45, 7) is 1.64. The summed E-state index contributed by atoms with van der Waals surface area (Å²) < 4.78 is 42.0. The molecule has 0 saturated heterocycles. The molecule has 0 radical (unpaired) electrons. The summed E-state index contributed by atoms with van der Waals surface area (Å²) in [6.07, 6.45) is 0. The van der Waals surface area contributed by atoms with E-state index in [1.165, 1.54) is 11.9 Å². The van der Waals surface area contributed by atoms with Crippen molar-refractivity contribution in [1.29, 1.82) is 0 Å². The van der Waals surface area contributed by atoms with Gasteiger partial charge in [0, 0.05) is 25.9 Å². The second kappa shape index (κ2) is 8.51. The van der Waals surface area contributed by atoms with E-state index in [1.807, 2.05) is 37.3 Å². The van der Waals surface area contributed by atoms with Crippen LogP contribution >= 0.6 is 11.8 Å². The lowest BCUT2D eigenvalue weighted by molar-refractivity contribution is -0.132. The summed E-state index contributed by atoms with van der Waals surface area (Å²) in [6, 6.07) is 11.4. The molecule has 0 saturated carbocycles. The number of hydrogen-bond acceptors (Lipinski definition) is 4. The summed E-state index contributed by atoms with van der Waals surface area (Å²) in [5, 5.41) is -0.430. The molecule has 1 heterocycles. The molecule has 5 nitrogen and oxygen atoms in total. The summed E-state index contributed by atoms with van der Waals surface area (Å²) in [7, 11) is 3.02. The molecule has 1 aromatic carbocycles. The molecule has 2 amide bonds. The molecule has 146 valence electrons. The maximum absolute atomic E-state index is 12.4. The minimum Gasteiger partial charge on any atom is -0.444 e. The molecular weight excluding hydrogens is 381 g/mol. The zero-order valence-electron chi connectivity index (χ0n) is 15.0. The van der Waals surface area contributed by atoms with Gasteiger partial charge in [-0.05, 0) is 24.6 Å². The van der Waals surface area contributed by atoms with Crippen LogP contribution in [0.2, 0.25) is 0 Å². The predicted octanol–water partition coefficient (Wildman–Crippen LogP) is 4.18. The van der Waals surface area contributed by atoms with Crippen molar-refractivity contribution in [3.05, 3.63) is 53.8 Å². The number of carbonyl (C=O) groups is 2. The number of rotatable bonds is 6. The van der Waals surface area contributed by atoms with Gasteiger partial charge in [-0.2, -0.15) is 13.2 Å². The molecule has 1 atom stereocenters. The van der Waals surface area contributed by atoms with Crippen molar-refractivity contribution in [3.8, 4) is 0 Å². The molecule has 9 heteroatoms. The Kier molecular flexibility index (Phi) is 6.59. The number of likely N-dealkylation sites (N-methyl/N-ethyl adjacent to an activating group) is 2. The number of alkyl halides is 3. The van der Waals surface area contributed by atoms with Crippen molar-refractivity contribution in [2.24, 2.45) is 0 Å². The molecule has 0 aliphatic carbocycles. The number of halogens is 3. The molecule has 2 rings (SSSR count). The second-order valence-corrected chi connectivity index (χ2v) is 6.99. The topological polar surface area (TPSA) is 53.8 Å². The van der Waals surface area contributed by atoms with Gasteiger partial charge in [-0.1, -0.05) is 30.3 Å². The first kappa shape index (κ1) is 20.9. The van der Waals surface area contributed by atoms with Crippen LogP contribution in [0.4, 0.5) is 13.2 Å². The van der Waals surface area contributed by atoms with Crippen molar-refractivity contribution in [2.45, 2.75) is 23.6 Å². The smallest absolute Gasteiger partial charge is 0.444 e. The molecular formula is C18H19F3N2O3S. The van der Waals surface area contributed by atoms with Crippen LogP contribution in [0.3, 0.4) is 0 Å². The minimum atomic E-state index is -4.50. The van der Waals surface area contributed by atoms with E-state index >= 15 is 0 Å². The molecule has 1 unspecified atom stereocenters. The third-order valence-corrected chi connectivity index (χ3v) is 4.64. The molecule has 0 spiro atoms. The standard InChI is InChI=1S/C18H19F3N2O3S/c1-12(13-7-5-4-6-8-13)23(3)15(24)11-22(2)17(25)14-9-10-16(26-14)27-18(19,20)21/h4-10,12H,11H2,1-3H3. The van der Waals surface area contributed by atoms with Gasteiger partial charge in [0.2, 0.25) is 5.91 Å². The fraction of sp³-hybridized carbons (Fsp3) is 0.333. The number of carbonyl (C=O) groups excluding carboxylic acids is 2. The molecule has 2 aromatic rings. The lowest BCUT2D eigenvalue weighted by Crippen LogP contribution is -2.40. The Hall–Kier alpha value is -2.42. The van der Waals surface area contributed by atoms with E-state index in [1.54, 1.807) is 7.05 Å². The van der Waals surface area contributed by atoms with E-state index in [0.717, 1.165) is 22.6 Å². The van der Waals surface area contributed by atoms with Crippen molar-refractivity contribution in [1.82, 2.24) is 9.80 Å². The summed E-state index contributed by atoms with van der Waals surface area (Å²) >= 11 is -0.442. The summed E-state index contributed by atoms with van der Waals surface area (Å²) in [5.41, 5.74) is -3.56. The molecule has 27 heavy (non-hydrogen) atoms. The third-order valence-electron chi connectivity index (χ3n) is 3.98. The maximum Gasteiger partial charge on any atom is 0.449 e. The zero-order valence-corrected chi connectivity index (χ0v) is 15.8. The van der Waals surface area contributed by atoms with Gasteiger partial charge in [0.15, 0.2) is 10.9 Å². The monoisotopic (exact) mass is 400 g/mol. The first-order valence-electron chi connectivity index (χ1n) is 8.00. The highest BCUT2D eigenvalue weighted by molar-refractivity contribution is 8.00. The lowest BCUT2D eigenvalue weighted by Gasteiger charge is -2.27. The molecule has 0 fully saturated rings. The fourth-order valence-corrected chi connectivity index (χ4v) is 2.85. The SMILES string of the molecule is CC(c1ccccc1)N(C)C(=O)CN(C)C(=O)c1ccc(SC(F)(F)F)o1. The lowest BCUT2D eigenvalue weighted by atomic mass is 10.1. The van der Waals surface area contributed by atoms with Crippen LogP contribution in [0.15, 0.2) is 52.0 Å². The Labute approximate surface area is 159 Å². The van der Waals surface area contributed by atoms with Crippen molar-refractivity contribution in [3.63, 3.8) is 0 Å². The summed E-state index contributed by atoms with van der Waals surface area (Å²) in [4.78, 5) is 27.4. The number of furan rings is 1. The fourth-order valence-electron chi connectivity index (χ4n) is 2.35. The Morgan fingerprint density at radius 1 is 1.11 bits per heavy atom. The van der Waals surface area contributed by atoms with E-state index in [-0.39, 0.29) is 24.3 Å². The first-order valence-corrected chi connectivity index (χ1v) is 8.82. The number of benzene rings is 1. The normalized spacial score (nSPS) is 12.5. The van der Waals surface area contributed by atoms with E-state index in [4.69, 9.17) is 4.42 Å². The average Bonchev–Trinajstić information content (AvgIpc) is 3.06. The van der Waals surface area contributed by atoms with Gasteiger partial charge in [0.25, 0.3) is 5.91 Å². The second-order valence-electron chi connectivity index (χ2n) is 5.92. The number of nitrogens with zero attached hydrogens (tertiary/aromatic N) is 2. The van der Waals surface area contributed by atoms with Crippen molar-refractivity contribution in [2.75, 3.05) is 20.6 Å². The van der Waals surface area contributed by atoms with Gasteiger partial charge < -0.3 is 14.2 Å². The van der Waals surface area contributed by atoms with Crippen molar-refractivity contribution >= 4 is 23.6 Å². The Balaban J connectivity index is 1.98. The molecule has 0 N–H and O–H groups in total. The number of amides is 2. The zero-order chi connectivity index (χ0) is 20.2. The van der Waals surface area contributed by atoms with Gasteiger partial charge in [-0.3, -0.25) is 9.59 Å². The van der Waals surface area contributed by atoms with Gasteiger partial charge in [-0.15, -0.1) is 0 Å². The van der Waals surface area contributed by atoms with E-state index in [9.17, 15) is 22.8 Å². The predicted molar refractivity (Wildman–Crippen MR) is 95.2 cm³/mol. The number of hydrogen-bond donors (Lipinski definition) is 0. The van der Waals surface area contributed by atoms with Gasteiger partial charge in [0.05, 0.1) is 12.6 Å². The van der Waals surface area contributed by atoms with Crippen LogP contribution in [0.5, 0.6) is 0 Å². The molecule has 0 aliphatic heterocycles. The van der Waals surface area contributed by atoms with Crippen LogP contribution < -0.4 is 0 Å². The van der Waals surface area contributed by atoms with Crippen molar-refractivity contribution < 1.29 is 27.2 Å². The van der Waals surface area contributed by atoms with E-state index < -0.39 is 28.3 Å². The minimum absolute atomic E-state index is 0.194. The molecule has 0 aliphatic rings. The average molecular weight is 400 g/mol. The number of thioether (sulfide) groups is 1. The maximum atomic E-state index is 12.4. The first-order chi connectivity index (χ1) is 12.6. The third kappa shape index (κ3) is 5.78. The van der Waals surface area contributed by atoms with Crippen LogP contribution in [0.1, 0.15) is 29.1 Å². The van der Waals surface area contributed by atoms with Crippen LogP contribution in [-0.2, 0) is 4.79 Å². The Bertz CT molecular complexity index is 793. The highest BCUT2D eigenvalue weighted by Crippen LogP contribution is 2.37. The van der Waals surface area contributed by atoms with Crippen LogP contribution in [0.25, 0.3) is 0 Å².